The highest BCUT2D eigenvalue weighted by atomic mass is 16.5. The van der Waals surface area contributed by atoms with E-state index in [4.69, 9.17) is 15.6 Å². The minimum absolute atomic E-state index is 0.0767. The van der Waals surface area contributed by atoms with Gasteiger partial charge in [-0.3, -0.25) is 9.59 Å². The molecule has 108 valence electrons. The van der Waals surface area contributed by atoms with Crippen molar-refractivity contribution >= 4 is 11.8 Å². The van der Waals surface area contributed by atoms with Crippen molar-refractivity contribution in [2.45, 2.75) is 38.3 Å². The van der Waals surface area contributed by atoms with Gasteiger partial charge < -0.3 is 15.6 Å². The van der Waals surface area contributed by atoms with Gasteiger partial charge in [0.2, 0.25) is 0 Å². The minimum atomic E-state index is -1.02. The Labute approximate surface area is 117 Å². The molecule has 1 aromatic carbocycles. The Morgan fingerprint density at radius 3 is 2.55 bits per heavy atom. The SMILES string of the molecule is CC1CCC(Oc2ccc(CC(N)C(=O)O)cc2)C1=O. The fraction of sp³-hybridized carbons (Fsp3) is 0.467. The second kappa shape index (κ2) is 6.05. The van der Waals surface area contributed by atoms with Crippen LogP contribution < -0.4 is 10.5 Å². The van der Waals surface area contributed by atoms with Crippen LogP contribution in [0.25, 0.3) is 0 Å². The number of ketones is 1. The van der Waals surface area contributed by atoms with Gasteiger partial charge in [-0.05, 0) is 37.0 Å². The molecule has 0 heterocycles. The first-order valence-electron chi connectivity index (χ1n) is 6.75. The standard InChI is InChI=1S/C15H19NO4/c1-9-2-7-13(14(9)17)20-11-5-3-10(4-6-11)8-12(16)15(18)19/h3-6,9,12-13H,2,7-8,16H2,1H3,(H,18,19). The molecule has 1 aliphatic rings. The number of carbonyl (C=O) groups is 2. The van der Waals surface area contributed by atoms with Crippen LogP contribution in [0.4, 0.5) is 0 Å². The van der Waals surface area contributed by atoms with E-state index in [2.05, 4.69) is 0 Å². The molecule has 0 bridgehead atoms. The van der Waals surface area contributed by atoms with E-state index in [0.29, 0.717) is 5.75 Å². The number of hydrogen-bond acceptors (Lipinski definition) is 4. The predicted molar refractivity (Wildman–Crippen MR) is 73.6 cm³/mol. The number of benzene rings is 1. The summed E-state index contributed by atoms with van der Waals surface area (Å²) in [6.45, 7) is 1.92. The number of carboxylic acids is 1. The molecule has 1 saturated carbocycles. The smallest absolute Gasteiger partial charge is 0.320 e. The lowest BCUT2D eigenvalue weighted by Crippen LogP contribution is -2.32. The third-order valence-corrected chi connectivity index (χ3v) is 3.64. The quantitative estimate of drug-likeness (QED) is 0.848. The summed E-state index contributed by atoms with van der Waals surface area (Å²) in [5.41, 5.74) is 6.31. The van der Waals surface area contributed by atoms with Gasteiger partial charge in [0, 0.05) is 5.92 Å². The Morgan fingerprint density at radius 2 is 2.05 bits per heavy atom. The van der Waals surface area contributed by atoms with Gasteiger partial charge in [0.05, 0.1) is 0 Å². The third-order valence-electron chi connectivity index (χ3n) is 3.64. The number of ether oxygens (including phenoxy) is 1. The number of nitrogens with two attached hydrogens (primary N) is 1. The summed E-state index contributed by atoms with van der Waals surface area (Å²) >= 11 is 0. The van der Waals surface area contributed by atoms with E-state index in [-0.39, 0.29) is 24.2 Å². The van der Waals surface area contributed by atoms with Gasteiger partial charge in [0.1, 0.15) is 11.8 Å². The van der Waals surface area contributed by atoms with Gasteiger partial charge in [-0.1, -0.05) is 19.1 Å². The highest BCUT2D eigenvalue weighted by molar-refractivity contribution is 5.87. The number of Topliss-reactive ketones (excluding diaryl/α,β-unsaturated/α-hetero) is 1. The van der Waals surface area contributed by atoms with Crippen LogP contribution in [0.15, 0.2) is 24.3 Å². The first-order valence-corrected chi connectivity index (χ1v) is 6.75. The molecule has 5 heteroatoms. The van der Waals surface area contributed by atoms with Crippen LogP contribution in [0, 0.1) is 5.92 Å². The van der Waals surface area contributed by atoms with Crippen LogP contribution in [-0.2, 0) is 16.0 Å². The molecule has 3 unspecified atom stereocenters. The molecular weight excluding hydrogens is 258 g/mol. The highest BCUT2D eigenvalue weighted by Crippen LogP contribution is 2.26. The van der Waals surface area contributed by atoms with Crippen molar-refractivity contribution in [3.8, 4) is 5.75 Å². The summed E-state index contributed by atoms with van der Waals surface area (Å²) in [6, 6.07) is 6.15. The van der Waals surface area contributed by atoms with Gasteiger partial charge in [-0.2, -0.15) is 0 Å². The van der Waals surface area contributed by atoms with E-state index in [1.165, 1.54) is 0 Å². The van der Waals surface area contributed by atoms with Gasteiger partial charge in [0.15, 0.2) is 11.9 Å². The number of carbonyl (C=O) groups excluding carboxylic acids is 1. The summed E-state index contributed by atoms with van der Waals surface area (Å²) in [7, 11) is 0. The lowest BCUT2D eigenvalue weighted by Gasteiger charge is -2.13. The van der Waals surface area contributed by atoms with Gasteiger partial charge in [-0.15, -0.1) is 0 Å². The second-order valence-corrected chi connectivity index (χ2v) is 5.28. The number of rotatable bonds is 5. The molecule has 1 aromatic rings. The number of hydrogen-bond donors (Lipinski definition) is 2. The van der Waals surface area contributed by atoms with Crippen molar-refractivity contribution in [2.24, 2.45) is 11.7 Å². The Bertz CT molecular complexity index is 497. The van der Waals surface area contributed by atoms with E-state index in [1.807, 2.05) is 6.92 Å². The number of carboxylic acid groups (broad SMARTS) is 1. The average Bonchev–Trinajstić information content (AvgIpc) is 2.73. The highest BCUT2D eigenvalue weighted by Gasteiger charge is 2.32. The zero-order chi connectivity index (χ0) is 14.7. The largest absolute Gasteiger partial charge is 0.483 e. The Balaban J connectivity index is 1.95. The van der Waals surface area contributed by atoms with Crippen molar-refractivity contribution in [1.82, 2.24) is 0 Å². The topological polar surface area (TPSA) is 89.6 Å². The van der Waals surface area contributed by atoms with Crippen LogP contribution in [0.3, 0.4) is 0 Å². The summed E-state index contributed by atoms with van der Waals surface area (Å²) in [5.74, 6) is -0.157. The second-order valence-electron chi connectivity index (χ2n) is 5.28. The zero-order valence-corrected chi connectivity index (χ0v) is 11.4. The summed E-state index contributed by atoms with van der Waals surface area (Å²) in [4.78, 5) is 22.5. The molecule has 0 aliphatic heterocycles. The zero-order valence-electron chi connectivity index (χ0n) is 11.4. The number of aliphatic carboxylic acids is 1. The Morgan fingerprint density at radius 1 is 1.40 bits per heavy atom. The first kappa shape index (κ1) is 14.5. The molecule has 0 aromatic heterocycles. The van der Waals surface area contributed by atoms with Crippen LogP contribution in [-0.4, -0.2) is 29.0 Å². The average molecular weight is 277 g/mol. The fourth-order valence-electron chi connectivity index (χ4n) is 2.33. The molecule has 20 heavy (non-hydrogen) atoms. The molecule has 3 N–H and O–H groups in total. The maximum Gasteiger partial charge on any atom is 0.320 e. The fourth-order valence-corrected chi connectivity index (χ4v) is 2.33. The molecule has 2 rings (SSSR count). The summed E-state index contributed by atoms with van der Waals surface area (Å²) < 4.78 is 5.67. The lowest BCUT2D eigenvalue weighted by molar-refractivity contribution is -0.138. The van der Waals surface area contributed by atoms with Gasteiger partial charge >= 0.3 is 5.97 Å². The van der Waals surface area contributed by atoms with Crippen molar-refractivity contribution in [3.05, 3.63) is 29.8 Å². The minimum Gasteiger partial charge on any atom is -0.483 e. The van der Waals surface area contributed by atoms with Crippen LogP contribution >= 0.6 is 0 Å². The molecule has 1 aliphatic carbocycles. The normalized spacial score (nSPS) is 23.6. The van der Waals surface area contributed by atoms with Crippen molar-refractivity contribution < 1.29 is 19.4 Å². The molecule has 1 fully saturated rings. The van der Waals surface area contributed by atoms with Gasteiger partial charge in [0.25, 0.3) is 0 Å². The third kappa shape index (κ3) is 3.36. The van der Waals surface area contributed by atoms with E-state index in [0.717, 1.165) is 18.4 Å². The monoisotopic (exact) mass is 277 g/mol. The van der Waals surface area contributed by atoms with Crippen molar-refractivity contribution in [2.75, 3.05) is 0 Å². The molecule has 3 atom stereocenters. The van der Waals surface area contributed by atoms with E-state index in [1.54, 1.807) is 24.3 Å². The van der Waals surface area contributed by atoms with Crippen molar-refractivity contribution in [3.63, 3.8) is 0 Å². The van der Waals surface area contributed by atoms with Gasteiger partial charge in [-0.25, -0.2) is 0 Å². The summed E-state index contributed by atoms with van der Waals surface area (Å²) in [5, 5.41) is 8.75. The lowest BCUT2D eigenvalue weighted by atomic mass is 10.1. The van der Waals surface area contributed by atoms with Crippen molar-refractivity contribution in [1.29, 1.82) is 0 Å². The maximum atomic E-state index is 11.8. The predicted octanol–water partition coefficient (Wildman–Crippen LogP) is 1.39. The Hall–Kier alpha value is -1.88. The maximum absolute atomic E-state index is 11.8. The molecular formula is C15H19NO4. The first-order chi connectivity index (χ1) is 9.47. The van der Waals surface area contributed by atoms with Crippen LogP contribution in [0.2, 0.25) is 0 Å². The molecule has 5 nitrogen and oxygen atoms in total. The molecule has 0 spiro atoms. The van der Waals surface area contributed by atoms with E-state index in [9.17, 15) is 9.59 Å². The molecule has 0 amide bonds. The molecule has 0 radical (unpaired) electrons. The Kier molecular flexibility index (Phi) is 4.39. The molecule has 0 saturated heterocycles. The van der Waals surface area contributed by atoms with E-state index >= 15 is 0 Å². The van der Waals surface area contributed by atoms with E-state index < -0.39 is 12.0 Å². The summed E-state index contributed by atoms with van der Waals surface area (Å²) in [6.07, 6.45) is 1.55. The van der Waals surface area contributed by atoms with Crippen LogP contribution in [0.1, 0.15) is 25.3 Å². The van der Waals surface area contributed by atoms with Crippen LogP contribution in [0.5, 0.6) is 5.75 Å².